The van der Waals surface area contributed by atoms with E-state index in [4.69, 9.17) is 15.9 Å². The number of aromatic nitrogens is 2. The number of nitrogens with two attached hydrogens (primary N) is 1. The minimum Gasteiger partial charge on any atom is -0.485 e. The van der Waals surface area contributed by atoms with Crippen LogP contribution in [0.4, 0.5) is 0 Å². The van der Waals surface area contributed by atoms with Crippen molar-refractivity contribution in [2.45, 2.75) is 6.61 Å². The average molecular weight is 230 g/mol. The predicted molar refractivity (Wildman–Crippen MR) is 65.0 cm³/mol. The van der Waals surface area contributed by atoms with Crippen molar-refractivity contribution >= 4 is 5.84 Å². The quantitative estimate of drug-likeness (QED) is 0.613. The molecule has 0 spiro atoms. The highest BCUT2D eigenvalue weighted by molar-refractivity contribution is 5.97. The molecule has 0 amide bonds. The molecule has 2 aromatic rings. The summed E-state index contributed by atoms with van der Waals surface area (Å²) < 4.78 is 7.50. The lowest BCUT2D eigenvalue weighted by Gasteiger charge is -2.10. The molecule has 17 heavy (non-hydrogen) atoms. The molecule has 0 saturated heterocycles. The Morgan fingerprint density at radius 2 is 2.24 bits per heavy atom. The maximum atomic E-state index is 7.45. The van der Waals surface area contributed by atoms with E-state index in [1.54, 1.807) is 18.3 Å². The van der Waals surface area contributed by atoms with Gasteiger partial charge in [-0.3, -0.25) is 5.41 Å². The fourth-order valence-electron chi connectivity index (χ4n) is 1.49. The number of nitrogens with zero attached hydrogens (tertiary/aromatic N) is 2. The van der Waals surface area contributed by atoms with Gasteiger partial charge in [0.05, 0.1) is 5.56 Å². The first-order valence-corrected chi connectivity index (χ1v) is 5.21. The molecule has 0 atom stereocenters. The summed E-state index contributed by atoms with van der Waals surface area (Å²) in [7, 11) is 1.91. The third-order valence-corrected chi connectivity index (χ3v) is 2.45. The maximum Gasteiger partial charge on any atom is 0.146 e. The van der Waals surface area contributed by atoms with Crippen molar-refractivity contribution in [1.29, 1.82) is 5.41 Å². The summed E-state index contributed by atoms with van der Waals surface area (Å²) in [4.78, 5) is 4.16. The van der Waals surface area contributed by atoms with Gasteiger partial charge < -0.3 is 15.0 Å². The normalized spacial score (nSPS) is 10.2. The van der Waals surface area contributed by atoms with Gasteiger partial charge in [-0.25, -0.2) is 4.98 Å². The van der Waals surface area contributed by atoms with E-state index in [1.807, 2.05) is 29.9 Å². The molecular weight excluding hydrogens is 216 g/mol. The van der Waals surface area contributed by atoms with E-state index in [1.165, 1.54) is 0 Å². The Kier molecular flexibility index (Phi) is 3.09. The van der Waals surface area contributed by atoms with Gasteiger partial charge in [0, 0.05) is 19.4 Å². The second-order valence-electron chi connectivity index (χ2n) is 3.65. The molecule has 0 aliphatic carbocycles. The van der Waals surface area contributed by atoms with E-state index in [2.05, 4.69) is 4.98 Å². The summed E-state index contributed by atoms with van der Waals surface area (Å²) in [6, 6.07) is 7.22. The number of para-hydroxylation sites is 1. The number of hydrogen-bond donors (Lipinski definition) is 2. The van der Waals surface area contributed by atoms with Crippen LogP contribution in [-0.4, -0.2) is 15.4 Å². The summed E-state index contributed by atoms with van der Waals surface area (Å²) in [5.74, 6) is 1.42. The zero-order chi connectivity index (χ0) is 12.3. The van der Waals surface area contributed by atoms with Gasteiger partial charge in [-0.15, -0.1) is 0 Å². The number of amidine groups is 1. The molecule has 0 aliphatic rings. The molecule has 1 heterocycles. The highest BCUT2D eigenvalue weighted by Crippen LogP contribution is 2.18. The fourth-order valence-corrected chi connectivity index (χ4v) is 1.49. The van der Waals surface area contributed by atoms with Crippen molar-refractivity contribution in [2.75, 3.05) is 0 Å². The zero-order valence-electron chi connectivity index (χ0n) is 9.55. The van der Waals surface area contributed by atoms with Crippen LogP contribution in [0.1, 0.15) is 11.4 Å². The summed E-state index contributed by atoms with van der Waals surface area (Å²) in [5.41, 5.74) is 6.07. The first-order valence-electron chi connectivity index (χ1n) is 5.21. The fraction of sp³-hybridized carbons (Fsp3) is 0.167. The number of nitrogens with one attached hydrogen (secondary N) is 1. The average Bonchev–Trinajstić information content (AvgIpc) is 2.72. The van der Waals surface area contributed by atoms with Gasteiger partial charge in [-0.1, -0.05) is 12.1 Å². The number of hydrogen-bond acceptors (Lipinski definition) is 3. The van der Waals surface area contributed by atoms with Crippen molar-refractivity contribution in [3.8, 4) is 5.75 Å². The summed E-state index contributed by atoms with van der Waals surface area (Å²) in [5, 5.41) is 7.45. The zero-order valence-corrected chi connectivity index (χ0v) is 9.55. The van der Waals surface area contributed by atoms with E-state index in [0.29, 0.717) is 17.9 Å². The number of nitrogen functional groups attached to an aromatic ring is 1. The first kappa shape index (κ1) is 11.2. The molecule has 1 aromatic carbocycles. The van der Waals surface area contributed by atoms with Crippen LogP contribution in [0.2, 0.25) is 0 Å². The standard InChI is InChI=1S/C12H14N4O/c1-16-7-6-15-11(16)8-17-10-5-3-2-4-9(10)12(13)14/h2-7H,8H2,1H3,(H3,13,14). The lowest BCUT2D eigenvalue weighted by atomic mass is 10.2. The van der Waals surface area contributed by atoms with Crippen LogP contribution in [0.15, 0.2) is 36.7 Å². The highest BCUT2D eigenvalue weighted by Gasteiger charge is 2.07. The number of aryl methyl sites for hydroxylation is 1. The largest absolute Gasteiger partial charge is 0.485 e. The van der Waals surface area contributed by atoms with Crippen LogP contribution in [-0.2, 0) is 13.7 Å². The van der Waals surface area contributed by atoms with E-state index in [0.717, 1.165) is 5.82 Å². The van der Waals surface area contributed by atoms with Crippen LogP contribution in [0, 0.1) is 5.41 Å². The minimum absolute atomic E-state index is 0.000408. The van der Waals surface area contributed by atoms with E-state index >= 15 is 0 Å². The van der Waals surface area contributed by atoms with Crippen molar-refractivity contribution in [3.63, 3.8) is 0 Å². The Morgan fingerprint density at radius 3 is 2.88 bits per heavy atom. The summed E-state index contributed by atoms with van der Waals surface area (Å²) in [6.07, 6.45) is 3.57. The molecular formula is C12H14N4O. The Balaban J connectivity index is 2.14. The molecule has 1 aromatic heterocycles. The Labute approximate surface area is 99.4 Å². The summed E-state index contributed by atoms with van der Waals surface area (Å²) in [6.45, 7) is 0.355. The highest BCUT2D eigenvalue weighted by atomic mass is 16.5. The third-order valence-electron chi connectivity index (χ3n) is 2.45. The molecule has 0 aliphatic heterocycles. The molecule has 3 N–H and O–H groups in total. The van der Waals surface area contributed by atoms with Gasteiger partial charge in [0.2, 0.25) is 0 Å². The minimum atomic E-state index is 0.000408. The predicted octanol–water partition coefficient (Wildman–Crippen LogP) is 1.28. The molecule has 5 heteroatoms. The first-order chi connectivity index (χ1) is 8.18. The van der Waals surface area contributed by atoms with Gasteiger partial charge in [0.1, 0.15) is 24.0 Å². The van der Waals surface area contributed by atoms with Gasteiger partial charge in [0.25, 0.3) is 0 Å². The molecule has 0 radical (unpaired) electrons. The van der Waals surface area contributed by atoms with Crippen LogP contribution in [0.3, 0.4) is 0 Å². The molecule has 88 valence electrons. The Hall–Kier alpha value is -2.30. The lowest BCUT2D eigenvalue weighted by molar-refractivity contribution is 0.291. The van der Waals surface area contributed by atoms with Gasteiger partial charge >= 0.3 is 0 Å². The molecule has 5 nitrogen and oxygen atoms in total. The molecule has 2 rings (SSSR count). The van der Waals surface area contributed by atoms with E-state index in [-0.39, 0.29) is 5.84 Å². The lowest BCUT2D eigenvalue weighted by Crippen LogP contribution is -2.13. The maximum absolute atomic E-state index is 7.45. The number of benzene rings is 1. The van der Waals surface area contributed by atoms with E-state index in [9.17, 15) is 0 Å². The second kappa shape index (κ2) is 4.69. The molecule has 0 unspecified atom stereocenters. The van der Waals surface area contributed by atoms with Gasteiger partial charge in [-0.05, 0) is 12.1 Å². The Bertz CT molecular complexity index is 533. The number of ether oxygens (including phenoxy) is 1. The Morgan fingerprint density at radius 1 is 1.47 bits per heavy atom. The molecule has 0 fully saturated rings. The van der Waals surface area contributed by atoms with Gasteiger partial charge in [0.15, 0.2) is 0 Å². The SMILES string of the molecule is Cn1ccnc1COc1ccccc1C(=N)N. The molecule has 0 saturated carbocycles. The smallest absolute Gasteiger partial charge is 0.146 e. The summed E-state index contributed by atoms with van der Waals surface area (Å²) >= 11 is 0. The van der Waals surface area contributed by atoms with Crippen LogP contribution < -0.4 is 10.5 Å². The van der Waals surface area contributed by atoms with Crippen molar-refractivity contribution in [1.82, 2.24) is 9.55 Å². The second-order valence-corrected chi connectivity index (χ2v) is 3.65. The number of rotatable bonds is 4. The topological polar surface area (TPSA) is 76.9 Å². The van der Waals surface area contributed by atoms with E-state index < -0.39 is 0 Å². The van der Waals surface area contributed by atoms with Crippen LogP contribution >= 0.6 is 0 Å². The van der Waals surface area contributed by atoms with Gasteiger partial charge in [-0.2, -0.15) is 0 Å². The van der Waals surface area contributed by atoms with Crippen LogP contribution in [0.5, 0.6) is 5.75 Å². The number of imidazole rings is 1. The van der Waals surface area contributed by atoms with Crippen molar-refractivity contribution in [3.05, 3.63) is 48.0 Å². The van der Waals surface area contributed by atoms with Crippen molar-refractivity contribution < 1.29 is 4.74 Å². The van der Waals surface area contributed by atoms with Crippen LogP contribution in [0.25, 0.3) is 0 Å². The monoisotopic (exact) mass is 230 g/mol. The molecule has 0 bridgehead atoms. The van der Waals surface area contributed by atoms with Crippen molar-refractivity contribution in [2.24, 2.45) is 12.8 Å². The third kappa shape index (κ3) is 2.44.